The third-order valence-electron chi connectivity index (χ3n) is 4.29. The maximum atomic E-state index is 12.6. The second kappa shape index (κ2) is 10.8. The summed E-state index contributed by atoms with van der Waals surface area (Å²) in [6.45, 7) is 7.60. The van der Waals surface area contributed by atoms with Crippen molar-refractivity contribution in [3.05, 3.63) is 48.5 Å². The van der Waals surface area contributed by atoms with Crippen LogP contribution in [0.4, 0.5) is 5.69 Å². The Bertz CT molecular complexity index is 1190. The summed E-state index contributed by atoms with van der Waals surface area (Å²) in [6, 6.07) is 13.1. The van der Waals surface area contributed by atoms with Crippen molar-refractivity contribution in [1.82, 2.24) is 14.9 Å². The van der Waals surface area contributed by atoms with E-state index in [0.717, 1.165) is 11.8 Å². The molecule has 1 aromatic heterocycles. The van der Waals surface area contributed by atoms with Gasteiger partial charge in [-0.25, -0.2) is 13.1 Å². The summed E-state index contributed by atoms with van der Waals surface area (Å²) in [5, 5.41) is 10.6. The fraction of sp³-hybridized carbons (Fsp3) is 0.318. The molecule has 0 radical (unpaired) electrons. The van der Waals surface area contributed by atoms with Gasteiger partial charge < -0.3 is 14.5 Å². The number of ether oxygens (including phenoxy) is 1. The molecular formula is C22H26N4O5S2. The number of aromatic nitrogens is 2. The van der Waals surface area contributed by atoms with E-state index in [1.54, 1.807) is 32.9 Å². The van der Waals surface area contributed by atoms with Gasteiger partial charge in [0.15, 0.2) is 0 Å². The number of hydrogen-bond donors (Lipinski definition) is 2. The molecule has 0 saturated heterocycles. The first kappa shape index (κ1) is 24.7. The first-order valence-electron chi connectivity index (χ1n) is 10.3. The van der Waals surface area contributed by atoms with Gasteiger partial charge in [0.25, 0.3) is 11.1 Å². The topological polar surface area (TPSA) is 123 Å². The first-order chi connectivity index (χ1) is 15.7. The molecule has 1 unspecified atom stereocenters. The lowest BCUT2D eigenvalue weighted by Crippen LogP contribution is -2.30. The van der Waals surface area contributed by atoms with Crippen molar-refractivity contribution < 1.29 is 22.4 Å². The average Bonchev–Trinajstić information content (AvgIpc) is 3.22. The van der Waals surface area contributed by atoms with Gasteiger partial charge in [-0.05, 0) is 64.1 Å². The Morgan fingerprint density at radius 2 is 1.79 bits per heavy atom. The predicted molar refractivity (Wildman–Crippen MR) is 127 cm³/mol. The summed E-state index contributed by atoms with van der Waals surface area (Å²) in [6.07, 6.45) is 0. The Balaban J connectivity index is 1.63. The molecule has 3 rings (SSSR count). The predicted octanol–water partition coefficient (Wildman–Crippen LogP) is 3.94. The van der Waals surface area contributed by atoms with Crippen LogP contribution in [-0.2, 0) is 14.8 Å². The molecule has 0 fully saturated rings. The Hall–Kier alpha value is -2.89. The number of amides is 1. The van der Waals surface area contributed by atoms with Crippen LogP contribution in [0.2, 0.25) is 0 Å². The smallest absolute Gasteiger partial charge is 0.277 e. The molecule has 0 spiro atoms. The van der Waals surface area contributed by atoms with Gasteiger partial charge in [-0.2, -0.15) is 0 Å². The van der Waals surface area contributed by atoms with Gasteiger partial charge in [-0.1, -0.05) is 23.9 Å². The van der Waals surface area contributed by atoms with Crippen molar-refractivity contribution in [2.24, 2.45) is 0 Å². The fourth-order valence-corrected chi connectivity index (χ4v) is 4.77. The second-order valence-electron chi connectivity index (χ2n) is 7.35. The lowest BCUT2D eigenvalue weighted by atomic mass is 10.2. The number of carbonyl (C=O) groups is 1. The van der Waals surface area contributed by atoms with Crippen LogP contribution in [0.15, 0.2) is 63.1 Å². The molecular weight excluding hydrogens is 464 g/mol. The summed E-state index contributed by atoms with van der Waals surface area (Å²) in [5.41, 5.74) is 1.16. The van der Waals surface area contributed by atoms with E-state index in [0.29, 0.717) is 29.5 Å². The fourth-order valence-electron chi connectivity index (χ4n) is 2.84. The minimum Gasteiger partial charge on any atom is -0.493 e. The Morgan fingerprint density at radius 3 is 2.45 bits per heavy atom. The minimum atomic E-state index is -3.59. The molecule has 1 heterocycles. The highest BCUT2D eigenvalue weighted by atomic mass is 32.2. The number of benzene rings is 2. The zero-order valence-corrected chi connectivity index (χ0v) is 20.4. The number of nitrogens with one attached hydrogen (secondary N) is 2. The normalized spacial score (nSPS) is 12.5. The minimum absolute atomic E-state index is 0.127. The number of sulfonamides is 1. The van der Waals surface area contributed by atoms with E-state index in [1.165, 1.54) is 12.1 Å². The quantitative estimate of drug-likeness (QED) is 0.410. The molecule has 2 aromatic carbocycles. The number of anilines is 1. The van der Waals surface area contributed by atoms with E-state index >= 15 is 0 Å². The molecule has 3 aromatic rings. The van der Waals surface area contributed by atoms with E-state index in [4.69, 9.17) is 9.15 Å². The zero-order valence-electron chi connectivity index (χ0n) is 18.7. The van der Waals surface area contributed by atoms with Crippen LogP contribution in [0.1, 0.15) is 27.7 Å². The Labute approximate surface area is 197 Å². The van der Waals surface area contributed by atoms with Crippen LogP contribution >= 0.6 is 11.8 Å². The molecule has 0 aliphatic rings. The maximum Gasteiger partial charge on any atom is 0.277 e. The molecule has 9 nitrogen and oxygen atoms in total. The second-order valence-corrected chi connectivity index (χ2v) is 10.4. The van der Waals surface area contributed by atoms with E-state index < -0.39 is 15.3 Å². The van der Waals surface area contributed by atoms with Crippen molar-refractivity contribution in [1.29, 1.82) is 0 Å². The Morgan fingerprint density at radius 1 is 1.09 bits per heavy atom. The number of nitrogens with zero attached hydrogens (tertiary/aromatic N) is 2. The van der Waals surface area contributed by atoms with Crippen LogP contribution in [0.5, 0.6) is 5.75 Å². The van der Waals surface area contributed by atoms with Crippen LogP contribution in [0.3, 0.4) is 0 Å². The van der Waals surface area contributed by atoms with Gasteiger partial charge in [0.1, 0.15) is 5.75 Å². The summed E-state index contributed by atoms with van der Waals surface area (Å²) >= 11 is 1.12. The monoisotopic (exact) mass is 490 g/mol. The number of para-hydroxylation sites is 1. The molecule has 0 bridgehead atoms. The third-order valence-corrected chi connectivity index (χ3v) is 6.90. The summed E-state index contributed by atoms with van der Waals surface area (Å²) in [5.74, 6) is 0.659. The number of thioether (sulfide) groups is 1. The largest absolute Gasteiger partial charge is 0.493 e. The molecule has 1 amide bonds. The van der Waals surface area contributed by atoms with Crippen molar-refractivity contribution >= 4 is 33.4 Å². The van der Waals surface area contributed by atoms with Crippen LogP contribution in [0, 0.1) is 0 Å². The van der Waals surface area contributed by atoms with Crippen LogP contribution < -0.4 is 14.8 Å². The third kappa shape index (κ3) is 6.56. The van der Waals surface area contributed by atoms with Gasteiger partial charge in [-0.15, -0.1) is 10.2 Å². The standard InChI is InChI=1S/C22H26N4O5S2/c1-5-30-19-9-7-6-8-18(19)21-24-25-22(31-21)32-15(4)20(27)23-16-10-12-17(13-11-16)33(28,29)26-14(2)3/h6-15,26H,5H2,1-4H3,(H,23,27). The first-order valence-corrected chi connectivity index (χ1v) is 12.7. The van der Waals surface area contributed by atoms with E-state index in [9.17, 15) is 13.2 Å². The van der Waals surface area contributed by atoms with Gasteiger partial charge in [0.2, 0.25) is 15.9 Å². The number of carbonyl (C=O) groups excluding carboxylic acids is 1. The van der Waals surface area contributed by atoms with Crippen LogP contribution in [-0.4, -0.2) is 42.4 Å². The molecule has 176 valence electrons. The summed E-state index contributed by atoms with van der Waals surface area (Å²) in [7, 11) is -3.59. The van der Waals surface area contributed by atoms with Gasteiger partial charge in [0.05, 0.1) is 22.3 Å². The molecule has 0 aliphatic carbocycles. The number of hydrogen-bond acceptors (Lipinski definition) is 8. The van der Waals surface area contributed by atoms with Crippen molar-refractivity contribution in [2.45, 2.75) is 49.1 Å². The molecule has 1 atom stereocenters. The van der Waals surface area contributed by atoms with Gasteiger partial charge >= 0.3 is 0 Å². The highest BCUT2D eigenvalue weighted by Gasteiger charge is 2.21. The highest BCUT2D eigenvalue weighted by molar-refractivity contribution is 8.00. The molecule has 0 aliphatic heterocycles. The SMILES string of the molecule is CCOc1ccccc1-c1nnc(SC(C)C(=O)Nc2ccc(S(=O)(=O)NC(C)C)cc2)o1. The molecule has 2 N–H and O–H groups in total. The van der Waals surface area contributed by atoms with Gasteiger partial charge in [-0.3, -0.25) is 4.79 Å². The summed E-state index contributed by atoms with van der Waals surface area (Å²) in [4.78, 5) is 12.7. The lowest BCUT2D eigenvalue weighted by molar-refractivity contribution is -0.115. The molecule has 11 heteroatoms. The Kier molecular flexibility index (Phi) is 8.11. The van der Waals surface area contributed by atoms with Crippen molar-refractivity contribution in [2.75, 3.05) is 11.9 Å². The highest BCUT2D eigenvalue weighted by Crippen LogP contribution is 2.32. The van der Waals surface area contributed by atoms with Crippen LogP contribution in [0.25, 0.3) is 11.5 Å². The summed E-state index contributed by atoms with van der Waals surface area (Å²) < 4.78 is 38.3. The van der Waals surface area contributed by atoms with Crippen molar-refractivity contribution in [3.8, 4) is 17.2 Å². The van der Waals surface area contributed by atoms with E-state index in [1.807, 2.05) is 31.2 Å². The van der Waals surface area contributed by atoms with Gasteiger partial charge in [0, 0.05) is 11.7 Å². The maximum absolute atomic E-state index is 12.6. The average molecular weight is 491 g/mol. The lowest BCUT2D eigenvalue weighted by Gasteiger charge is -2.12. The molecule has 0 saturated carbocycles. The van der Waals surface area contributed by atoms with E-state index in [2.05, 4.69) is 20.2 Å². The van der Waals surface area contributed by atoms with Crippen molar-refractivity contribution in [3.63, 3.8) is 0 Å². The zero-order chi connectivity index (χ0) is 24.0. The number of rotatable bonds is 10. The van der Waals surface area contributed by atoms with E-state index in [-0.39, 0.29) is 22.1 Å². The molecule has 33 heavy (non-hydrogen) atoms.